The van der Waals surface area contributed by atoms with Gasteiger partial charge >= 0.3 is 0 Å². The van der Waals surface area contributed by atoms with Gasteiger partial charge in [-0.3, -0.25) is 10.1 Å². The lowest BCUT2D eigenvalue weighted by Crippen LogP contribution is -2.21. The first-order valence-corrected chi connectivity index (χ1v) is 6.26. The molecule has 0 saturated heterocycles. The van der Waals surface area contributed by atoms with E-state index in [0.29, 0.717) is 23.5 Å². The molecule has 0 radical (unpaired) electrons. The van der Waals surface area contributed by atoms with E-state index in [1.54, 1.807) is 0 Å². The number of carbonyl (C=O) groups excluding carboxylic acids is 1. The Bertz CT molecular complexity index is 592. The van der Waals surface area contributed by atoms with Gasteiger partial charge in [-0.05, 0) is 18.8 Å². The molecule has 0 spiro atoms. The summed E-state index contributed by atoms with van der Waals surface area (Å²) >= 11 is 5.96. The molecule has 1 aliphatic rings. The van der Waals surface area contributed by atoms with Crippen molar-refractivity contribution >= 4 is 34.6 Å². The van der Waals surface area contributed by atoms with E-state index in [4.69, 9.17) is 11.6 Å². The number of halogens is 1. The number of aromatic nitrogens is 4. The van der Waals surface area contributed by atoms with Crippen LogP contribution in [0.15, 0.2) is 6.33 Å². The predicted octanol–water partition coefficient (Wildman–Crippen LogP) is 2.13. The van der Waals surface area contributed by atoms with Crippen LogP contribution in [0.4, 0.5) is 5.95 Å². The van der Waals surface area contributed by atoms with E-state index < -0.39 is 0 Å². The Morgan fingerprint density at radius 3 is 3.06 bits per heavy atom. The number of H-pyrrole nitrogens is 1. The van der Waals surface area contributed by atoms with Gasteiger partial charge < -0.3 is 4.98 Å². The summed E-state index contributed by atoms with van der Waals surface area (Å²) in [6, 6.07) is 0. The second kappa shape index (κ2) is 4.53. The summed E-state index contributed by atoms with van der Waals surface area (Å²) in [5.41, 5.74) is 1.03. The number of anilines is 1. The molecule has 18 heavy (non-hydrogen) atoms. The van der Waals surface area contributed by atoms with E-state index in [1.807, 2.05) is 0 Å². The van der Waals surface area contributed by atoms with Crippen molar-refractivity contribution in [2.24, 2.45) is 5.92 Å². The van der Waals surface area contributed by atoms with Crippen LogP contribution in [-0.4, -0.2) is 25.8 Å². The van der Waals surface area contributed by atoms with Crippen LogP contribution < -0.4 is 5.32 Å². The molecule has 1 fully saturated rings. The number of nitrogens with zero attached hydrogens (tertiary/aromatic N) is 3. The molecule has 2 heterocycles. The van der Waals surface area contributed by atoms with Crippen LogP contribution in [0, 0.1) is 5.92 Å². The Kier molecular flexibility index (Phi) is 2.87. The molecule has 0 unspecified atom stereocenters. The maximum Gasteiger partial charge on any atom is 0.233 e. The van der Waals surface area contributed by atoms with Gasteiger partial charge in [0, 0.05) is 6.42 Å². The summed E-state index contributed by atoms with van der Waals surface area (Å²) < 4.78 is 0. The summed E-state index contributed by atoms with van der Waals surface area (Å²) in [4.78, 5) is 26.7. The van der Waals surface area contributed by atoms with Crippen LogP contribution in [0.1, 0.15) is 25.7 Å². The Morgan fingerprint density at radius 1 is 1.50 bits per heavy atom. The second-order valence-corrected chi connectivity index (χ2v) is 4.85. The van der Waals surface area contributed by atoms with Crippen molar-refractivity contribution in [1.29, 1.82) is 0 Å². The Balaban J connectivity index is 1.75. The van der Waals surface area contributed by atoms with Crippen LogP contribution in [0.2, 0.25) is 5.15 Å². The molecule has 0 aliphatic heterocycles. The fourth-order valence-electron chi connectivity index (χ4n) is 1.99. The van der Waals surface area contributed by atoms with Gasteiger partial charge in [-0.1, -0.05) is 18.0 Å². The fourth-order valence-corrected chi connectivity index (χ4v) is 2.21. The van der Waals surface area contributed by atoms with E-state index in [1.165, 1.54) is 12.7 Å². The molecule has 2 aromatic heterocycles. The third-order valence-electron chi connectivity index (χ3n) is 3.19. The zero-order chi connectivity index (χ0) is 12.5. The lowest BCUT2D eigenvalue weighted by Gasteiger charge is -2.24. The van der Waals surface area contributed by atoms with Crippen molar-refractivity contribution in [2.45, 2.75) is 25.7 Å². The number of nitrogens with one attached hydrogen (secondary N) is 2. The molecule has 0 aromatic carbocycles. The third kappa shape index (κ3) is 2.15. The zero-order valence-electron chi connectivity index (χ0n) is 9.61. The molecular formula is C11H12ClN5O. The van der Waals surface area contributed by atoms with Gasteiger partial charge in [-0.2, -0.15) is 9.97 Å². The normalized spacial score (nSPS) is 15.6. The molecule has 0 bridgehead atoms. The summed E-state index contributed by atoms with van der Waals surface area (Å²) in [5.74, 6) is 0.657. The van der Waals surface area contributed by atoms with Gasteiger partial charge in [0.25, 0.3) is 0 Å². The molecule has 6 nitrogen and oxygen atoms in total. The molecule has 2 aromatic rings. The van der Waals surface area contributed by atoms with Crippen LogP contribution in [0.25, 0.3) is 11.2 Å². The first-order chi connectivity index (χ1) is 8.72. The van der Waals surface area contributed by atoms with Crippen molar-refractivity contribution in [3.8, 4) is 0 Å². The van der Waals surface area contributed by atoms with E-state index >= 15 is 0 Å². The average Bonchev–Trinajstić information content (AvgIpc) is 2.72. The number of hydrogen-bond donors (Lipinski definition) is 2. The lowest BCUT2D eigenvalue weighted by atomic mass is 9.83. The number of rotatable bonds is 3. The first-order valence-electron chi connectivity index (χ1n) is 5.89. The van der Waals surface area contributed by atoms with Crippen LogP contribution in [0.3, 0.4) is 0 Å². The van der Waals surface area contributed by atoms with Gasteiger partial charge in [0.15, 0.2) is 10.8 Å². The monoisotopic (exact) mass is 265 g/mol. The van der Waals surface area contributed by atoms with Gasteiger partial charge in [-0.15, -0.1) is 0 Å². The summed E-state index contributed by atoms with van der Waals surface area (Å²) in [6.07, 6.45) is 5.51. The molecule has 1 saturated carbocycles. The Hall–Kier alpha value is -1.69. The first kappa shape index (κ1) is 11.4. The predicted molar refractivity (Wildman–Crippen MR) is 67.3 cm³/mol. The number of carbonyl (C=O) groups is 1. The van der Waals surface area contributed by atoms with E-state index in [0.717, 1.165) is 12.8 Å². The highest BCUT2D eigenvalue weighted by molar-refractivity contribution is 6.33. The Labute approximate surface area is 108 Å². The summed E-state index contributed by atoms with van der Waals surface area (Å²) in [5, 5.41) is 2.92. The third-order valence-corrected chi connectivity index (χ3v) is 3.47. The zero-order valence-corrected chi connectivity index (χ0v) is 10.4. The summed E-state index contributed by atoms with van der Waals surface area (Å²) in [7, 11) is 0. The molecule has 7 heteroatoms. The minimum atomic E-state index is -0.0642. The topological polar surface area (TPSA) is 83.6 Å². The van der Waals surface area contributed by atoms with Gasteiger partial charge in [0.2, 0.25) is 11.9 Å². The van der Waals surface area contributed by atoms with E-state index in [-0.39, 0.29) is 17.0 Å². The highest BCUT2D eigenvalue weighted by Gasteiger charge is 2.21. The summed E-state index contributed by atoms with van der Waals surface area (Å²) in [6.45, 7) is 0. The number of imidazole rings is 1. The fraction of sp³-hybridized carbons (Fsp3) is 0.455. The highest BCUT2D eigenvalue weighted by Crippen LogP contribution is 2.29. The molecule has 2 N–H and O–H groups in total. The quantitative estimate of drug-likeness (QED) is 0.833. The van der Waals surface area contributed by atoms with Crippen molar-refractivity contribution in [3.05, 3.63) is 11.5 Å². The lowest BCUT2D eigenvalue weighted by molar-refractivity contribution is -0.117. The van der Waals surface area contributed by atoms with Gasteiger partial charge in [0.1, 0.15) is 5.52 Å². The maximum atomic E-state index is 11.7. The second-order valence-electron chi connectivity index (χ2n) is 4.49. The molecule has 94 valence electrons. The van der Waals surface area contributed by atoms with Crippen molar-refractivity contribution < 1.29 is 4.79 Å². The van der Waals surface area contributed by atoms with Crippen molar-refractivity contribution in [3.63, 3.8) is 0 Å². The SMILES string of the molecule is O=C(CC1CCC1)Nc1nc(Cl)c2[nH]cnc2n1. The number of fused-ring (bicyclic) bond motifs is 1. The van der Waals surface area contributed by atoms with Crippen molar-refractivity contribution in [2.75, 3.05) is 5.32 Å². The molecular weight excluding hydrogens is 254 g/mol. The van der Waals surface area contributed by atoms with Gasteiger partial charge in [-0.25, -0.2) is 4.98 Å². The van der Waals surface area contributed by atoms with Crippen LogP contribution >= 0.6 is 11.6 Å². The number of hydrogen-bond acceptors (Lipinski definition) is 4. The van der Waals surface area contributed by atoms with E-state index in [2.05, 4.69) is 25.3 Å². The number of aromatic amines is 1. The van der Waals surface area contributed by atoms with Gasteiger partial charge in [0.05, 0.1) is 6.33 Å². The van der Waals surface area contributed by atoms with E-state index in [9.17, 15) is 4.79 Å². The molecule has 0 atom stereocenters. The minimum Gasteiger partial charge on any atom is -0.341 e. The average molecular weight is 266 g/mol. The largest absolute Gasteiger partial charge is 0.341 e. The number of amides is 1. The molecule has 1 amide bonds. The molecule has 3 rings (SSSR count). The standard InChI is InChI=1S/C11H12ClN5O/c12-9-8-10(14-5-13-8)17-11(16-9)15-7(18)4-6-2-1-3-6/h5-6H,1-4H2,(H2,13,14,15,16,17,18). The van der Waals surface area contributed by atoms with Crippen LogP contribution in [0.5, 0.6) is 0 Å². The smallest absolute Gasteiger partial charge is 0.233 e. The molecule has 1 aliphatic carbocycles. The Morgan fingerprint density at radius 2 is 2.33 bits per heavy atom. The highest BCUT2D eigenvalue weighted by atomic mass is 35.5. The maximum absolute atomic E-state index is 11.7. The van der Waals surface area contributed by atoms with Crippen LogP contribution in [-0.2, 0) is 4.79 Å². The minimum absolute atomic E-state index is 0.0642. The van der Waals surface area contributed by atoms with Crippen molar-refractivity contribution in [1.82, 2.24) is 19.9 Å².